The van der Waals surface area contributed by atoms with Crippen LogP contribution in [-0.2, 0) is 18.4 Å². The van der Waals surface area contributed by atoms with Crippen LogP contribution < -0.4 is 10.6 Å². The number of aromatic nitrogens is 3. The van der Waals surface area contributed by atoms with Crippen molar-refractivity contribution in [1.29, 1.82) is 0 Å². The first-order valence-electron chi connectivity index (χ1n) is 10.3. The molecule has 2 aromatic rings. The summed E-state index contributed by atoms with van der Waals surface area (Å²) in [5, 5.41) is 10.5. The Morgan fingerprint density at radius 3 is 2.76 bits per heavy atom. The fourth-order valence-electron chi connectivity index (χ4n) is 4.16. The normalized spacial score (nSPS) is 16.8. The fourth-order valence-corrected chi connectivity index (χ4v) is 4.16. The van der Waals surface area contributed by atoms with Crippen LogP contribution in [0.5, 0.6) is 0 Å². The van der Waals surface area contributed by atoms with Crippen molar-refractivity contribution in [2.75, 3.05) is 18.4 Å². The van der Waals surface area contributed by atoms with Crippen molar-refractivity contribution < 1.29 is 9.59 Å². The Labute approximate surface area is 170 Å². The molecule has 2 aromatic heterocycles. The smallest absolute Gasteiger partial charge is 0.273 e. The van der Waals surface area contributed by atoms with E-state index in [1.807, 2.05) is 32.2 Å². The molecule has 1 saturated carbocycles. The van der Waals surface area contributed by atoms with Gasteiger partial charge < -0.3 is 15.5 Å². The summed E-state index contributed by atoms with van der Waals surface area (Å²) in [6.45, 7) is 3.13. The van der Waals surface area contributed by atoms with Gasteiger partial charge in [-0.25, -0.2) is 4.98 Å². The number of fused-ring (bicyclic) bond motifs is 1. The van der Waals surface area contributed by atoms with Crippen LogP contribution in [0.4, 0.5) is 11.6 Å². The lowest BCUT2D eigenvalue weighted by Crippen LogP contribution is -2.39. The van der Waals surface area contributed by atoms with Gasteiger partial charge in [0.1, 0.15) is 23.9 Å². The molecule has 0 atom stereocenters. The maximum Gasteiger partial charge on any atom is 0.273 e. The predicted molar refractivity (Wildman–Crippen MR) is 110 cm³/mol. The molecule has 0 bridgehead atoms. The molecule has 1 fully saturated rings. The van der Waals surface area contributed by atoms with Crippen molar-refractivity contribution in [2.24, 2.45) is 13.0 Å². The maximum atomic E-state index is 12.8. The van der Waals surface area contributed by atoms with Crippen LogP contribution in [0.2, 0.25) is 0 Å². The Hall–Kier alpha value is -2.90. The number of anilines is 2. The number of hydrogen-bond acceptors (Lipinski definition) is 5. The second-order valence-corrected chi connectivity index (χ2v) is 8.09. The summed E-state index contributed by atoms with van der Waals surface area (Å²) in [5.41, 5.74) is 2.16. The van der Waals surface area contributed by atoms with E-state index < -0.39 is 0 Å². The minimum atomic E-state index is -0.197. The number of amides is 2. The number of hydrogen-bond donors (Lipinski definition) is 2. The first kappa shape index (κ1) is 19.4. The lowest BCUT2D eigenvalue weighted by Gasteiger charge is -2.22. The van der Waals surface area contributed by atoms with Crippen LogP contribution in [0.1, 0.15) is 53.8 Å². The second-order valence-electron chi connectivity index (χ2n) is 8.09. The number of nitrogens with one attached hydrogen (secondary N) is 2. The topological polar surface area (TPSA) is 92.1 Å². The summed E-state index contributed by atoms with van der Waals surface area (Å²) in [6.07, 6.45) is 6.17. The number of rotatable bonds is 6. The molecule has 154 valence electrons. The molecule has 1 aliphatic heterocycles. The third kappa shape index (κ3) is 4.41. The van der Waals surface area contributed by atoms with Crippen LogP contribution in [0, 0.1) is 12.8 Å². The van der Waals surface area contributed by atoms with Gasteiger partial charge in [-0.2, -0.15) is 5.10 Å². The molecule has 0 radical (unpaired) electrons. The molecule has 8 nitrogen and oxygen atoms in total. The second kappa shape index (κ2) is 8.23. The minimum absolute atomic E-state index is 0.0750. The van der Waals surface area contributed by atoms with E-state index in [2.05, 4.69) is 20.7 Å². The lowest BCUT2D eigenvalue weighted by molar-refractivity contribution is -0.122. The van der Waals surface area contributed by atoms with Gasteiger partial charge in [-0.05, 0) is 31.7 Å². The van der Waals surface area contributed by atoms with Gasteiger partial charge in [-0.1, -0.05) is 25.3 Å². The molecular formula is C21H28N6O2. The van der Waals surface area contributed by atoms with E-state index in [0.29, 0.717) is 30.5 Å². The first-order chi connectivity index (χ1) is 14.0. The SMILES string of the molecule is Cc1cc(Nc2ccc3c(n2)C(=O)N(CC(=O)NCC2CCCCC2)C3)n(C)n1. The average molecular weight is 396 g/mol. The highest BCUT2D eigenvalue weighted by atomic mass is 16.2. The van der Waals surface area contributed by atoms with E-state index in [0.717, 1.165) is 17.1 Å². The van der Waals surface area contributed by atoms with Crippen LogP contribution in [-0.4, -0.2) is 44.6 Å². The summed E-state index contributed by atoms with van der Waals surface area (Å²) in [5.74, 6) is 1.67. The third-order valence-electron chi connectivity index (χ3n) is 5.74. The number of nitrogens with zero attached hydrogens (tertiary/aromatic N) is 4. The Bertz CT molecular complexity index is 916. The molecule has 8 heteroatoms. The van der Waals surface area contributed by atoms with Crippen molar-refractivity contribution in [3.63, 3.8) is 0 Å². The summed E-state index contributed by atoms with van der Waals surface area (Å²) in [6, 6.07) is 5.66. The summed E-state index contributed by atoms with van der Waals surface area (Å²) in [4.78, 5) is 31.1. The van der Waals surface area contributed by atoms with Crippen molar-refractivity contribution in [3.8, 4) is 0 Å². The number of carbonyl (C=O) groups excluding carboxylic acids is 2. The quantitative estimate of drug-likeness (QED) is 0.783. The molecule has 2 amide bonds. The molecule has 2 N–H and O–H groups in total. The fraction of sp³-hybridized carbons (Fsp3) is 0.524. The van der Waals surface area contributed by atoms with Crippen molar-refractivity contribution in [3.05, 3.63) is 35.2 Å². The van der Waals surface area contributed by atoms with Crippen molar-refractivity contribution in [2.45, 2.75) is 45.6 Å². The van der Waals surface area contributed by atoms with Gasteiger partial charge >= 0.3 is 0 Å². The van der Waals surface area contributed by atoms with Crippen LogP contribution in [0.3, 0.4) is 0 Å². The van der Waals surface area contributed by atoms with E-state index in [-0.39, 0.29) is 18.4 Å². The average Bonchev–Trinajstić information content (AvgIpc) is 3.19. The summed E-state index contributed by atoms with van der Waals surface area (Å²) >= 11 is 0. The maximum absolute atomic E-state index is 12.8. The minimum Gasteiger partial charge on any atom is -0.354 e. The third-order valence-corrected chi connectivity index (χ3v) is 5.74. The van der Waals surface area contributed by atoms with Gasteiger partial charge in [-0.3, -0.25) is 14.3 Å². The molecule has 0 spiro atoms. The lowest BCUT2D eigenvalue weighted by atomic mass is 9.89. The zero-order valence-corrected chi connectivity index (χ0v) is 17.1. The van der Waals surface area contributed by atoms with E-state index in [9.17, 15) is 9.59 Å². The molecule has 0 aromatic carbocycles. The van der Waals surface area contributed by atoms with Gasteiger partial charge in [0.2, 0.25) is 5.91 Å². The van der Waals surface area contributed by atoms with Gasteiger partial charge in [-0.15, -0.1) is 0 Å². The molecular weight excluding hydrogens is 368 g/mol. The molecule has 0 unspecified atom stereocenters. The van der Waals surface area contributed by atoms with E-state index in [4.69, 9.17) is 0 Å². The van der Waals surface area contributed by atoms with Crippen molar-refractivity contribution in [1.82, 2.24) is 25.0 Å². The Morgan fingerprint density at radius 2 is 2.03 bits per heavy atom. The largest absolute Gasteiger partial charge is 0.354 e. The van der Waals surface area contributed by atoms with Gasteiger partial charge in [0.05, 0.1) is 5.69 Å². The number of carbonyl (C=O) groups is 2. The molecule has 4 rings (SSSR count). The molecule has 0 saturated heterocycles. The van der Waals surface area contributed by atoms with Crippen molar-refractivity contribution >= 4 is 23.5 Å². The number of pyridine rings is 1. The highest BCUT2D eigenvalue weighted by Crippen LogP contribution is 2.25. The standard InChI is InChI=1S/C21H28N6O2/c1-14-10-18(26(2)25-14)23-17-9-8-16-12-27(21(29)20(16)24-17)13-19(28)22-11-15-6-4-3-5-7-15/h8-10,15H,3-7,11-13H2,1-2H3,(H,22,28)(H,23,24). The predicted octanol–water partition coefficient (Wildman–Crippen LogP) is 2.52. The highest BCUT2D eigenvalue weighted by molar-refractivity contribution is 5.99. The Kier molecular flexibility index (Phi) is 5.51. The number of aryl methyl sites for hydroxylation is 2. The molecule has 2 aliphatic rings. The molecule has 29 heavy (non-hydrogen) atoms. The van der Waals surface area contributed by atoms with E-state index in [1.165, 1.54) is 32.1 Å². The molecule has 3 heterocycles. The van der Waals surface area contributed by atoms with Crippen LogP contribution >= 0.6 is 0 Å². The molecule has 1 aliphatic carbocycles. The van der Waals surface area contributed by atoms with E-state index in [1.54, 1.807) is 9.58 Å². The monoisotopic (exact) mass is 396 g/mol. The van der Waals surface area contributed by atoms with Gasteiger partial charge in [0.25, 0.3) is 5.91 Å². The Balaban J connectivity index is 1.35. The first-order valence-corrected chi connectivity index (χ1v) is 10.3. The van der Waals surface area contributed by atoms with E-state index >= 15 is 0 Å². The zero-order valence-electron chi connectivity index (χ0n) is 17.1. The zero-order chi connectivity index (χ0) is 20.4. The van der Waals surface area contributed by atoms with Crippen LogP contribution in [0.15, 0.2) is 18.2 Å². The van der Waals surface area contributed by atoms with Gasteiger partial charge in [0, 0.05) is 31.8 Å². The van der Waals surface area contributed by atoms with Gasteiger partial charge in [0.15, 0.2) is 0 Å². The summed E-state index contributed by atoms with van der Waals surface area (Å²) < 4.78 is 1.73. The Morgan fingerprint density at radius 1 is 1.24 bits per heavy atom. The highest BCUT2D eigenvalue weighted by Gasteiger charge is 2.30. The van der Waals surface area contributed by atoms with Crippen LogP contribution in [0.25, 0.3) is 0 Å². The summed E-state index contributed by atoms with van der Waals surface area (Å²) in [7, 11) is 1.85.